The van der Waals surface area contributed by atoms with Crippen LogP contribution >= 0.6 is 0 Å². The molecule has 2 rings (SSSR count). The number of amides is 1. The fraction of sp³-hybridized carbons (Fsp3) is 0.577. The smallest absolute Gasteiger partial charge is 0.257 e. The summed E-state index contributed by atoms with van der Waals surface area (Å²) >= 11 is 0. The van der Waals surface area contributed by atoms with Gasteiger partial charge in [-0.25, -0.2) is 5.43 Å². The number of pyridine rings is 1. The summed E-state index contributed by atoms with van der Waals surface area (Å²) in [7, 11) is 0. The Labute approximate surface area is 186 Å². The summed E-state index contributed by atoms with van der Waals surface area (Å²) < 4.78 is 0. The molecule has 31 heavy (non-hydrogen) atoms. The van der Waals surface area contributed by atoms with Crippen LogP contribution in [0.15, 0.2) is 40.2 Å². The molecule has 1 aromatic carbocycles. The molecule has 0 saturated carbocycles. The summed E-state index contributed by atoms with van der Waals surface area (Å²) in [5.41, 5.74) is 3.53. The van der Waals surface area contributed by atoms with Gasteiger partial charge >= 0.3 is 0 Å². The van der Waals surface area contributed by atoms with E-state index in [1.165, 1.54) is 76.8 Å². The van der Waals surface area contributed by atoms with Gasteiger partial charge in [-0.15, -0.1) is 0 Å². The SMILES string of the molecule is CCCCCCCCCCCCCCCC(=O)NN=Cc1cc2ccccc2[nH]c1=O. The first-order valence-corrected chi connectivity index (χ1v) is 12.1. The highest BCUT2D eigenvalue weighted by atomic mass is 16.2. The number of fused-ring (bicyclic) bond motifs is 1. The molecule has 0 spiro atoms. The molecule has 0 atom stereocenters. The topological polar surface area (TPSA) is 74.3 Å². The minimum atomic E-state index is -0.215. The first kappa shape index (κ1) is 24.8. The molecule has 5 heteroatoms. The first-order valence-electron chi connectivity index (χ1n) is 12.1. The minimum absolute atomic E-state index is 0.100. The van der Waals surface area contributed by atoms with E-state index in [1.54, 1.807) is 6.07 Å². The zero-order valence-electron chi connectivity index (χ0n) is 19.1. The molecule has 1 heterocycles. The van der Waals surface area contributed by atoms with Crippen LogP contribution in [0.25, 0.3) is 10.9 Å². The maximum atomic E-state index is 12.1. The third-order valence-corrected chi connectivity index (χ3v) is 5.68. The second-order valence-electron chi connectivity index (χ2n) is 8.43. The Hall–Kier alpha value is -2.43. The van der Waals surface area contributed by atoms with Gasteiger partial charge in [-0.2, -0.15) is 5.10 Å². The Morgan fingerprint density at radius 3 is 2.13 bits per heavy atom. The molecule has 0 bridgehead atoms. The number of aromatic amines is 1. The lowest BCUT2D eigenvalue weighted by Gasteiger charge is -2.03. The maximum Gasteiger partial charge on any atom is 0.257 e. The number of nitrogens with zero attached hydrogens (tertiary/aromatic N) is 1. The van der Waals surface area contributed by atoms with Crippen molar-refractivity contribution in [2.24, 2.45) is 5.10 Å². The Bertz CT molecular complexity index is 857. The van der Waals surface area contributed by atoms with Crippen LogP contribution in [0.2, 0.25) is 0 Å². The highest BCUT2D eigenvalue weighted by Crippen LogP contribution is 2.13. The Balaban J connectivity index is 1.49. The second kappa shape index (κ2) is 15.4. The van der Waals surface area contributed by atoms with Gasteiger partial charge in [0.15, 0.2) is 0 Å². The number of hydrogen-bond donors (Lipinski definition) is 2. The van der Waals surface area contributed by atoms with Crippen molar-refractivity contribution in [2.75, 3.05) is 0 Å². The molecule has 170 valence electrons. The monoisotopic (exact) mass is 425 g/mol. The van der Waals surface area contributed by atoms with Gasteiger partial charge in [-0.3, -0.25) is 9.59 Å². The predicted octanol–water partition coefficient (Wildman–Crippen LogP) is 6.46. The Morgan fingerprint density at radius 1 is 0.903 bits per heavy atom. The van der Waals surface area contributed by atoms with E-state index < -0.39 is 0 Å². The molecule has 0 aliphatic carbocycles. The average Bonchev–Trinajstić information content (AvgIpc) is 2.77. The lowest BCUT2D eigenvalue weighted by molar-refractivity contribution is -0.121. The van der Waals surface area contributed by atoms with Crippen LogP contribution in [0.3, 0.4) is 0 Å². The highest BCUT2D eigenvalue weighted by molar-refractivity contribution is 5.88. The molecule has 1 amide bonds. The third-order valence-electron chi connectivity index (χ3n) is 5.68. The summed E-state index contributed by atoms with van der Waals surface area (Å²) in [6, 6.07) is 9.35. The van der Waals surface area contributed by atoms with Crippen molar-refractivity contribution in [3.05, 3.63) is 46.2 Å². The van der Waals surface area contributed by atoms with E-state index in [0.29, 0.717) is 12.0 Å². The number of carbonyl (C=O) groups excluding carboxylic acids is 1. The number of aromatic nitrogens is 1. The fourth-order valence-corrected chi connectivity index (χ4v) is 3.79. The number of hydrogen-bond acceptors (Lipinski definition) is 3. The highest BCUT2D eigenvalue weighted by Gasteiger charge is 2.02. The molecule has 0 radical (unpaired) electrons. The molecular weight excluding hydrogens is 386 g/mol. The van der Waals surface area contributed by atoms with Crippen molar-refractivity contribution in [1.29, 1.82) is 0 Å². The van der Waals surface area contributed by atoms with Crippen LogP contribution in [0.4, 0.5) is 0 Å². The lowest BCUT2D eigenvalue weighted by Crippen LogP contribution is -2.18. The van der Waals surface area contributed by atoms with Crippen LogP contribution in [-0.2, 0) is 4.79 Å². The van der Waals surface area contributed by atoms with Gasteiger partial charge in [0.2, 0.25) is 5.91 Å². The minimum Gasteiger partial charge on any atom is -0.321 e. The zero-order chi connectivity index (χ0) is 22.2. The van der Waals surface area contributed by atoms with Crippen molar-refractivity contribution in [1.82, 2.24) is 10.4 Å². The van der Waals surface area contributed by atoms with E-state index in [2.05, 4.69) is 22.4 Å². The van der Waals surface area contributed by atoms with Gasteiger partial charge in [-0.1, -0.05) is 102 Å². The quantitative estimate of drug-likeness (QED) is 0.184. The normalized spacial score (nSPS) is 11.4. The molecule has 5 nitrogen and oxygen atoms in total. The Morgan fingerprint density at radius 2 is 1.48 bits per heavy atom. The number of para-hydroxylation sites is 1. The summed E-state index contributed by atoms with van der Waals surface area (Å²) in [4.78, 5) is 26.8. The predicted molar refractivity (Wildman–Crippen MR) is 131 cm³/mol. The fourth-order valence-electron chi connectivity index (χ4n) is 3.79. The molecule has 2 N–H and O–H groups in total. The van der Waals surface area contributed by atoms with E-state index >= 15 is 0 Å². The molecule has 0 aliphatic rings. The number of hydrazone groups is 1. The van der Waals surface area contributed by atoms with E-state index in [4.69, 9.17) is 0 Å². The van der Waals surface area contributed by atoms with Gasteiger partial charge in [0.25, 0.3) is 5.56 Å². The van der Waals surface area contributed by atoms with Crippen LogP contribution in [0, 0.1) is 0 Å². The van der Waals surface area contributed by atoms with Crippen molar-refractivity contribution < 1.29 is 4.79 Å². The molecule has 0 unspecified atom stereocenters. The van der Waals surface area contributed by atoms with Crippen molar-refractivity contribution in [2.45, 2.75) is 96.8 Å². The molecule has 1 aromatic heterocycles. The number of carbonyl (C=O) groups is 1. The largest absolute Gasteiger partial charge is 0.321 e. The van der Waals surface area contributed by atoms with Crippen LogP contribution in [-0.4, -0.2) is 17.1 Å². The summed E-state index contributed by atoms with van der Waals surface area (Å²) in [6.45, 7) is 2.26. The van der Waals surface area contributed by atoms with Gasteiger partial charge in [0, 0.05) is 11.9 Å². The summed E-state index contributed by atoms with van der Waals surface area (Å²) in [5.74, 6) is -0.100. The standard InChI is InChI=1S/C26H39N3O2/c1-2-3-4-5-6-7-8-9-10-11-12-13-14-19-25(30)29-27-21-23-20-22-17-15-16-18-24(22)28-26(23)31/h15-18,20-21H,2-14,19H2,1H3,(H,28,31)(H,29,30). The van der Waals surface area contributed by atoms with Gasteiger partial charge in [0.05, 0.1) is 11.8 Å². The number of nitrogens with one attached hydrogen (secondary N) is 2. The number of unbranched alkanes of at least 4 members (excludes halogenated alkanes) is 12. The van der Waals surface area contributed by atoms with Gasteiger partial charge in [-0.05, 0) is 23.9 Å². The van der Waals surface area contributed by atoms with E-state index in [9.17, 15) is 9.59 Å². The van der Waals surface area contributed by atoms with Crippen LogP contribution < -0.4 is 11.0 Å². The third kappa shape index (κ3) is 10.4. The molecule has 0 fully saturated rings. The van der Waals surface area contributed by atoms with Crippen molar-refractivity contribution >= 4 is 23.0 Å². The second-order valence-corrected chi connectivity index (χ2v) is 8.43. The average molecular weight is 426 g/mol. The summed E-state index contributed by atoms with van der Waals surface area (Å²) in [5, 5.41) is 4.88. The number of benzene rings is 1. The first-order chi connectivity index (χ1) is 15.2. The van der Waals surface area contributed by atoms with Crippen molar-refractivity contribution in [3.63, 3.8) is 0 Å². The van der Waals surface area contributed by atoms with Crippen LogP contribution in [0.1, 0.15) is 102 Å². The molecular formula is C26H39N3O2. The van der Waals surface area contributed by atoms with E-state index in [1.807, 2.05) is 24.3 Å². The molecule has 0 saturated heterocycles. The van der Waals surface area contributed by atoms with Gasteiger partial charge in [0.1, 0.15) is 0 Å². The molecule has 2 aromatic rings. The number of rotatable bonds is 16. The summed E-state index contributed by atoms with van der Waals surface area (Å²) in [6.07, 6.45) is 18.6. The van der Waals surface area contributed by atoms with Gasteiger partial charge < -0.3 is 4.98 Å². The zero-order valence-corrected chi connectivity index (χ0v) is 19.1. The maximum absolute atomic E-state index is 12.1. The van der Waals surface area contributed by atoms with Crippen molar-refractivity contribution in [3.8, 4) is 0 Å². The Kier molecular flexibility index (Phi) is 12.3. The van der Waals surface area contributed by atoms with E-state index in [-0.39, 0.29) is 11.5 Å². The van der Waals surface area contributed by atoms with E-state index in [0.717, 1.165) is 23.7 Å². The number of H-pyrrole nitrogens is 1. The molecule has 0 aliphatic heterocycles. The lowest BCUT2D eigenvalue weighted by atomic mass is 10.0. The van der Waals surface area contributed by atoms with Crippen LogP contribution in [0.5, 0.6) is 0 Å².